The molecule has 0 unspecified atom stereocenters. The maximum absolute atomic E-state index is 14.0. The Hall–Kier alpha value is -2.88. The van der Waals surface area contributed by atoms with Crippen LogP contribution in [0.25, 0.3) is 0 Å². The molecule has 1 aromatic heterocycles. The van der Waals surface area contributed by atoms with E-state index in [4.69, 9.17) is 11.6 Å². The number of amides is 3. The molecule has 2 saturated heterocycles. The van der Waals surface area contributed by atoms with Gasteiger partial charge in [0.25, 0.3) is 0 Å². The molecule has 3 aromatic rings. The van der Waals surface area contributed by atoms with Crippen molar-refractivity contribution in [2.45, 2.75) is 68.2 Å². The van der Waals surface area contributed by atoms with Gasteiger partial charge < -0.3 is 4.90 Å². The second-order valence-corrected chi connectivity index (χ2v) is 14.5. The zero-order chi connectivity index (χ0) is 29.1. The maximum Gasteiger partial charge on any atom is 0.308 e. The number of hydrogen-bond donors (Lipinski definition) is 0. The Morgan fingerprint density at radius 3 is 2.22 bits per heavy atom. The van der Waals surface area contributed by atoms with Gasteiger partial charge in [0.2, 0.25) is 17.7 Å². The molecule has 7 nitrogen and oxygen atoms in total. The Morgan fingerprint density at radius 1 is 0.927 bits per heavy atom. The molecular weight excluding hydrogens is 578 g/mol. The first kappa shape index (κ1) is 28.2. The lowest BCUT2D eigenvalue weighted by atomic mass is 9.81. The first-order chi connectivity index (χ1) is 19.5. The van der Waals surface area contributed by atoms with Crippen molar-refractivity contribution in [1.29, 1.82) is 0 Å². The van der Waals surface area contributed by atoms with Crippen LogP contribution in [0.3, 0.4) is 0 Å². The van der Waals surface area contributed by atoms with Gasteiger partial charge in [0.1, 0.15) is 11.8 Å². The van der Waals surface area contributed by atoms with Gasteiger partial charge in [0.15, 0.2) is 0 Å². The van der Waals surface area contributed by atoms with Gasteiger partial charge in [0.05, 0.1) is 16.6 Å². The van der Waals surface area contributed by atoms with Crippen LogP contribution in [-0.2, 0) is 26.3 Å². The molecule has 3 amide bonds. The number of rotatable bonds is 4. The molecule has 3 aliphatic heterocycles. The van der Waals surface area contributed by atoms with Gasteiger partial charge in [0, 0.05) is 28.9 Å². The number of anilines is 1. The summed E-state index contributed by atoms with van der Waals surface area (Å²) in [6.07, 6.45) is 3.03. The number of benzene rings is 2. The Kier molecular flexibility index (Phi) is 7.41. The van der Waals surface area contributed by atoms with Gasteiger partial charge in [-0.15, -0.1) is 0 Å². The SMILES string of the molecule is CC(C)(C)c1ccc([C@@H]2c3sc(=O)n(CC(=O)N4CCCCC4)c3S[C@H]3C(=O)N(c4ccc(Cl)cc4)C(=O)[C@@H]23)cc1. The molecular formula is C31H32ClN3O4S2. The van der Waals surface area contributed by atoms with Crippen LogP contribution in [0.2, 0.25) is 5.02 Å². The second-order valence-electron chi connectivity index (χ2n) is 12.0. The van der Waals surface area contributed by atoms with Crippen molar-refractivity contribution < 1.29 is 14.4 Å². The predicted molar refractivity (Wildman–Crippen MR) is 163 cm³/mol. The number of hydrogen-bond acceptors (Lipinski definition) is 6. The zero-order valence-corrected chi connectivity index (χ0v) is 25.7. The van der Waals surface area contributed by atoms with Crippen molar-refractivity contribution in [1.82, 2.24) is 9.47 Å². The van der Waals surface area contributed by atoms with Crippen molar-refractivity contribution >= 4 is 58.1 Å². The smallest absolute Gasteiger partial charge is 0.308 e. The van der Waals surface area contributed by atoms with Crippen molar-refractivity contribution in [3.05, 3.63) is 79.2 Å². The normalized spacial score (nSPS) is 22.6. The highest BCUT2D eigenvalue weighted by atomic mass is 35.5. The Labute approximate surface area is 252 Å². The molecule has 4 heterocycles. The number of thioether (sulfide) groups is 1. The summed E-state index contributed by atoms with van der Waals surface area (Å²) >= 11 is 8.42. The van der Waals surface area contributed by atoms with E-state index in [0.29, 0.717) is 28.8 Å². The summed E-state index contributed by atoms with van der Waals surface area (Å²) in [6, 6.07) is 14.8. The van der Waals surface area contributed by atoms with Gasteiger partial charge >= 0.3 is 4.87 Å². The topological polar surface area (TPSA) is 79.7 Å². The van der Waals surface area contributed by atoms with E-state index in [-0.39, 0.29) is 34.6 Å². The number of fused-ring (bicyclic) bond motifs is 2. The Balaban J connectivity index is 1.44. The summed E-state index contributed by atoms with van der Waals surface area (Å²) in [4.78, 5) is 58.1. The van der Waals surface area contributed by atoms with Gasteiger partial charge in [-0.1, -0.05) is 79.7 Å². The fourth-order valence-electron chi connectivity index (χ4n) is 6.03. The molecule has 214 valence electrons. The minimum absolute atomic E-state index is 0.0534. The molecule has 0 bridgehead atoms. The summed E-state index contributed by atoms with van der Waals surface area (Å²) in [7, 11) is 0. The van der Waals surface area contributed by atoms with Crippen LogP contribution in [0.15, 0.2) is 58.4 Å². The molecule has 10 heteroatoms. The van der Waals surface area contributed by atoms with E-state index in [1.807, 2.05) is 17.0 Å². The van der Waals surface area contributed by atoms with Gasteiger partial charge in [-0.25, -0.2) is 4.90 Å². The number of nitrogens with zero attached hydrogens (tertiary/aromatic N) is 3. The molecule has 41 heavy (non-hydrogen) atoms. The molecule has 0 spiro atoms. The predicted octanol–water partition coefficient (Wildman–Crippen LogP) is 5.67. The van der Waals surface area contributed by atoms with Crippen LogP contribution >= 0.6 is 34.7 Å². The molecule has 0 aliphatic carbocycles. The molecule has 0 radical (unpaired) electrons. The standard InChI is InChI=1S/C31H32ClN3O4S2/c1-31(2,3)19-9-7-18(8-10-19)23-24-25(28(38)35(27(24)37)21-13-11-20(32)12-14-21)40-29-26(23)41-30(39)34(29)17-22(36)33-15-5-4-6-16-33/h7-14,23-25H,4-6,15-17H2,1-3H3/t23-,24-,25+/m0/s1. The highest BCUT2D eigenvalue weighted by molar-refractivity contribution is 8.00. The third-order valence-corrected chi connectivity index (χ3v) is 11.1. The van der Waals surface area contributed by atoms with Gasteiger partial charge in [-0.3, -0.25) is 23.7 Å². The minimum Gasteiger partial charge on any atom is -0.341 e. The molecule has 3 atom stereocenters. The van der Waals surface area contributed by atoms with Crippen molar-refractivity contribution in [3.63, 3.8) is 0 Å². The summed E-state index contributed by atoms with van der Waals surface area (Å²) in [5.41, 5.74) is 2.45. The van der Waals surface area contributed by atoms with Crippen LogP contribution in [0, 0.1) is 5.92 Å². The highest BCUT2D eigenvalue weighted by Gasteiger charge is 2.56. The van der Waals surface area contributed by atoms with Crippen molar-refractivity contribution in [2.75, 3.05) is 18.0 Å². The van der Waals surface area contributed by atoms with Gasteiger partial charge in [-0.05, 0) is 60.1 Å². The van der Waals surface area contributed by atoms with Crippen molar-refractivity contribution in [2.24, 2.45) is 5.92 Å². The minimum atomic E-state index is -0.719. The maximum atomic E-state index is 14.0. The lowest BCUT2D eigenvalue weighted by Gasteiger charge is -2.31. The van der Waals surface area contributed by atoms with Crippen molar-refractivity contribution in [3.8, 4) is 0 Å². The van der Waals surface area contributed by atoms with Crippen LogP contribution in [0.5, 0.6) is 0 Å². The number of piperidine rings is 1. The third kappa shape index (κ3) is 5.06. The fourth-order valence-corrected chi connectivity index (χ4v) is 8.93. The molecule has 2 fully saturated rings. The summed E-state index contributed by atoms with van der Waals surface area (Å²) in [5, 5.41) is 0.417. The number of carbonyl (C=O) groups excluding carboxylic acids is 3. The van der Waals surface area contributed by atoms with Gasteiger partial charge in [-0.2, -0.15) is 0 Å². The van der Waals surface area contributed by atoms with Crippen LogP contribution < -0.4 is 9.77 Å². The number of halogens is 1. The summed E-state index contributed by atoms with van der Waals surface area (Å²) < 4.78 is 1.52. The van der Waals surface area contributed by atoms with E-state index >= 15 is 0 Å². The molecule has 3 aliphatic rings. The lowest BCUT2D eigenvalue weighted by molar-refractivity contribution is -0.133. The molecule has 0 N–H and O–H groups in total. The number of thiazole rings is 1. The van der Waals surface area contributed by atoms with E-state index < -0.39 is 17.1 Å². The summed E-state index contributed by atoms with van der Waals surface area (Å²) in [6.45, 7) is 7.76. The fraction of sp³-hybridized carbons (Fsp3) is 0.419. The van der Waals surface area contributed by atoms with Crippen LogP contribution in [0.1, 0.15) is 62.0 Å². The average Bonchev–Trinajstić information content (AvgIpc) is 3.40. The first-order valence-corrected chi connectivity index (χ1v) is 16.0. The quantitative estimate of drug-likeness (QED) is 0.356. The molecule has 2 aromatic carbocycles. The number of aromatic nitrogens is 1. The molecule has 0 saturated carbocycles. The number of carbonyl (C=O) groups is 3. The van der Waals surface area contributed by atoms with E-state index in [0.717, 1.165) is 46.6 Å². The second kappa shape index (κ2) is 10.7. The number of likely N-dealkylation sites (tertiary alicyclic amines) is 1. The third-order valence-electron chi connectivity index (χ3n) is 8.27. The summed E-state index contributed by atoms with van der Waals surface area (Å²) in [5.74, 6) is -1.86. The lowest BCUT2D eigenvalue weighted by Crippen LogP contribution is -2.39. The average molecular weight is 610 g/mol. The largest absolute Gasteiger partial charge is 0.341 e. The first-order valence-electron chi connectivity index (χ1n) is 14.0. The Morgan fingerprint density at radius 2 is 1.59 bits per heavy atom. The monoisotopic (exact) mass is 609 g/mol. The Bertz CT molecular complexity index is 1570. The molecule has 6 rings (SSSR count). The highest BCUT2D eigenvalue weighted by Crippen LogP contribution is 2.54. The van der Waals surface area contributed by atoms with E-state index in [1.54, 1.807) is 24.3 Å². The van der Waals surface area contributed by atoms with Crippen LogP contribution in [-0.4, -0.2) is 45.5 Å². The number of imide groups is 1. The zero-order valence-electron chi connectivity index (χ0n) is 23.3. The van der Waals surface area contributed by atoms with E-state index in [2.05, 4.69) is 32.9 Å². The van der Waals surface area contributed by atoms with E-state index in [1.165, 1.54) is 21.2 Å². The van der Waals surface area contributed by atoms with Crippen LogP contribution in [0.4, 0.5) is 5.69 Å². The van der Waals surface area contributed by atoms with E-state index in [9.17, 15) is 19.2 Å².